The number of unbranched alkanes of at least 4 members (excludes halogenated alkanes) is 5. The molecule has 0 N–H and O–H groups in total. The van der Waals surface area contributed by atoms with Gasteiger partial charge in [-0.3, -0.25) is 4.79 Å². The maximum atomic E-state index is 14.1. The van der Waals surface area contributed by atoms with E-state index in [9.17, 15) is 9.59 Å². The largest absolute Gasteiger partial charge is 0.493 e. The number of anilines is 6. The maximum Gasteiger partial charge on any atom is 0.341 e. The highest BCUT2D eigenvalue weighted by Crippen LogP contribution is 2.58. The predicted molar refractivity (Wildman–Crippen MR) is 353 cm³/mol. The summed E-state index contributed by atoms with van der Waals surface area (Å²) in [7, 11) is 0. The second kappa shape index (κ2) is 28.2. The molecule has 0 saturated heterocycles. The lowest BCUT2D eigenvalue weighted by Crippen LogP contribution is -2.30. The Labute approximate surface area is 505 Å². The molecule has 0 saturated carbocycles. The summed E-state index contributed by atoms with van der Waals surface area (Å²) in [4.78, 5) is 40.3. The number of esters is 1. The summed E-state index contributed by atoms with van der Waals surface area (Å²) in [6.45, 7) is 19.1. The topological polar surface area (TPSA) is 76.2 Å². The average molecular weight is 1130 g/mol. The number of nitrogens with zero attached hydrogens (tertiary/aromatic N) is 2. The van der Waals surface area contributed by atoms with Crippen molar-refractivity contribution in [2.24, 2.45) is 0 Å². The highest BCUT2D eigenvalue weighted by molar-refractivity contribution is 5.97. The van der Waals surface area contributed by atoms with Gasteiger partial charge in [0.1, 0.15) is 18.1 Å². The molecule has 1 aliphatic carbocycles. The van der Waals surface area contributed by atoms with Gasteiger partial charge in [-0.1, -0.05) is 161 Å². The van der Waals surface area contributed by atoms with Crippen molar-refractivity contribution in [2.45, 2.75) is 125 Å². The zero-order valence-corrected chi connectivity index (χ0v) is 51.1. The molecule has 9 aromatic rings. The number of hydrogen-bond donors (Lipinski definition) is 0. The van der Waals surface area contributed by atoms with Crippen molar-refractivity contribution < 1.29 is 23.9 Å². The Morgan fingerprint density at radius 3 is 1.41 bits per heavy atom. The van der Waals surface area contributed by atoms with Gasteiger partial charge in [-0.25, -0.2) is 4.79 Å². The maximum absolute atomic E-state index is 14.1. The Morgan fingerprint density at radius 2 is 0.894 bits per heavy atom. The molecule has 0 fully saturated rings. The number of carbonyl (C=O) groups excluding carboxylic acids is 3. The van der Waals surface area contributed by atoms with E-state index >= 15 is 0 Å². The summed E-state index contributed by atoms with van der Waals surface area (Å²) in [6.07, 6.45) is 11.1. The molecular weight excluding hydrogens is 1040 g/mol. The van der Waals surface area contributed by atoms with Gasteiger partial charge in [0.2, 0.25) is 0 Å². The van der Waals surface area contributed by atoms with Crippen molar-refractivity contribution in [1.82, 2.24) is 0 Å². The van der Waals surface area contributed by atoms with Gasteiger partial charge in [0, 0.05) is 39.7 Å². The van der Waals surface area contributed by atoms with E-state index in [1.807, 2.05) is 32.8 Å². The molecule has 0 amide bonds. The van der Waals surface area contributed by atoms with E-state index in [0.29, 0.717) is 23.5 Å². The van der Waals surface area contributed by atoms with E-state index in [1.165, 1.54) is 42.4 Å². The number of ketones is 1. The first kappa shape index (κ1) is 60.8. The van der Waals surface area contributed by atoms with E-state index in [2.05, 4.69) is 226 Å². The second-order valence-corrected chi connectivity index (χ2v) is 22.6. The first-order valence-electron chi connectivity index (χ1n) is 30.6. The standard InChI is InChI=1S/C77H80N2O4.CH2O/c1-9-13-16-17-48-83-75-47-32-62(52-72(75)76(81)82-12-4)77(61-31-23-55(7)71(51-61)56(8)80)73-49-54(6)22-45-69(73)70-46-30-60(50-74(70)77)59-28-39-66(40-29-59)78(63-33-20-53(5)21-34-63)67-41-43-68(44-42-67)79(64-35-24-57(25-36-64)18-14-10-2)65-37-26-58(27-38-65)19-15-11-3;1-2/h20-47,49-52H,9-19,48H2,1-8H3;1H2. The molecule has 7 heteroatoms. The van der Waals surface area contributed by atoms with Crippen LogP contribution in [0.4, 0.5) is 34.1 Å². The lowest BCUT2D eigenvalue weighted by Gasteiger charge is -2.35. The van der Waals surface area contributed by atoms with Crippen molar-refractivity contribution in [3.8, 4) is 28.0 Å². The van der Waals surface area contributed by atoms with Gasteiger partial charge < -0.3 is 24.1 Å². The van der Waals surface area contributed by atoms with E-state index in [1.54, 1.807) is 6.92 Å². The van der Waals surface area contributed by atoms with Gasteiger partial charge in [-0.15, -0.1) is 0 Å². The summed E-state index contributed by atoms with van der Waals surface area (Å²) in [5, 5.41) is 0. The molecule has 0 heterocycles. The highest BCUT2D eigenvalue weighted by atomic mass is 16.5. The Kier molecular flexibility index (Phi) is 20.1. The molecule has 9 aromatic carbocycles. The van der Waals surface area contributed by atoms with E-state index < -0.39 is 11.4 Å². The summed E-state index contributed by atoms with van der Waals surface area (Å²) >= 11 is 0. The molecule has 0 spiro atoms. The second-order valence-electron chi connectivity index (χ2n) is 22.6. The molecule has 1 aliphatic rings. The molecule has 0 radical (unpaired) electrons. The van der Waals surface area contributed by atoms with Crippen LogP contribution in [0.2, 0.25) is 0 Å². The van der Waals surface area contributed by atoms with Crippen LogP contribution in [0.1, 0.15) is 157 Å². The van der Waals surface area contributed by atoms with Gasteiger partial charge in [0.25, 0.3) is 0 Å². The fraction of sp³-hybridized carbons (Fsp3) is 0.269. The third-order valence-corrected chi connectivity index (χ3v) is 16.7. The van der Waals surface area contributed by atoms with Crippen molar-refractivity contribution in [1.29, 1.82) is 0 Å². The molecule has 1 unspecified atom stereocenters. The van der Waals surface area contributed by atoms with E-state index in [-0.39, 0.29) is 12.4 Å². The molecule has 0 aliphatic heterocycles. The number of rotatable bonds is 24. The molecular formula is C78H82N2O5. The summed E-state index contributed by atoms with van der Waals surface area (Å²) in [5.41, 5.74) is 20.8. The third kappa shape index (κ3) is 13.1. The third-order valence-electron chi connectivity index (χ3n) is 16.7. The van der Waals surface area contributed by atoms with E-state index in [0.717, 1.165) is 128 Å². The van der Waals surface area contributed by atoms with Gasteiger partial charge in [0.05, 0.1) is 18.6 Å². The van der Waals surface area contributed by atoms with Gasteiger partial charge in [-0.05, 0) is 225 Å². The molecule has 434 valence electrons. The van der Waals surface area contributed by atoms with Crippen LogP contribution in [0.3, 0.4) is 0 Å². The highest BCUT2D eigenvalue weighted by Gasteiger charge is 2.47. The van der Waals surface area contributed by atoms with Crippen LogP contribution in [-0.2, 0) is 27.8 Å². The molecule has 7 nitrogen and oxygen atoms in total. The summed E-state index contributed by atoms with van der Waals surface area (Å²) in [5.74, 6) is 0.0782. The number of hydrogen-bond acceptors (Lipinski definition) is 7. The SMILES string of the molecule is C=O.CCCCCCOc1ccc(C2(c3ccc(C)c(C(C)=O)c3)c3cc(C)ccc3-c3ccc(-c4ccc(N(c5ccc(C)cc5)c5ccc(N(c6ccc(CCCC)cc6)c6ccc(CCCC)cc6)cc5)cc4)cc32)cc1C(=O)OCC. The Morgan fingerprint density at radius 1 is 0.447 bits per heavy atom. The quantitative estimate of drug-likeness (QED) is 0.0339. The van der Waals surface area contributed by atoms with Gasteiger partial charge in [0.15, 0.2) is 5.78 Å². The van der Waals surface area contributed by atoms with Crippen LogP contribution in [0.5, 0.6) is 5.75 Å². The summed E-state index contributed by atoms with van der Waals surface area (Å²) in [6, 6.07) is 70.6. The monoisotopic (exact) mass is 1130 g/mol. The Hall–Kier alpha value is -8.81. The van der Waals surface area contributed by atoms with Crippen molar-refractivity contribution >= 4 is 52.7 Å². The molecule has 0 aromatic heterocycles. The normalized spacial score (nSPS) is 13.0. The zero-order valence-electron chi connectivity index (χ0n) is 51.1. The molecule has 1 atom stereocenters. The molecule has 0 bridgehead atoms. The number of ether oxygens (including phenoxy) is 2. The predicted octanol–water partition coefficient (Wildman–Crippen LogP) is 20.4. The number of carbonyl (C=O) groups is 3. The molecule has 85 heavy (non-hydrogen) atoms. The van der Waals surface area contributed by atoms with E-state index in [4.69, 9.17) is 14.3 Å². The van der Waals surface area contributed by atoms with Crippen LogP contribution in [0.15, 0.2) is 194 Å². The summed E-state index contributed by atoms with van der Waals surface area (Å²) < 4.78 is 12.2. The number of benzene rings is 9. The van der Waals surface area contributed by atoms with Gasteiger partial charge >= 0.3 is 5.97 Å². The van der Waals surface area contributed by atoms with Crippen molar-refractivity contribution in [2.75, 3.05) is 23.0 Å². The van der Waals surface area contributed by atoms with Crippen LogP contribution in [-0.4, -0.2) is 31.8 Å². The Balaban J connectivity index is 0.00000428. The Bertz CT molecular complexity index is 3660. The lowest BCUT2D eigenvalue weighted by molar-refractivity contribution is -0.0980. The fourth-order valence-corrected chi connectivity index (χ4v) is 12.1. The molecule has 10 rings (SSSR count). The lowest BCUT2D eigenvalue weighted by atomic mass is 9.66. The number of Topliss-reactive ketones (excluding diaryl/α,β-unsaturated/α-hetero) is 1. The fourth-order valence-electron chi connectivity index (χ4n) is 12.1. The first-order chi connectivity index (χ1) is 41.4. The minimum absolute atomic E-state index is 0.000621. The van der Waals surface area contributed by atoms with Crippen molar-refractivity contribution in [3.05, 3.63) is 255 Å². The minimum Gasteiger partial charge on any atom is -0.493 e. The smallest absolute Gasteiger partial charge is 0.341 e. The van der Waals surface area contributed by atoms with Crippen LogP contribution >= 0.6 is 0 Å². The number of aryl methyl sites for hydroxylation is 5. The van der Waals surface area contributed by atoms with Crippen molar-refractivity contribution in [3.63, 3.8) is 0 Å². The van der Waals surface area contributed by atoms with Crippen LogP contribution in [0, 0.1) is 20.8 Å². The van der Waals surface area contributed by atoms with Crippen LogP contribution in [0.25, 0.3) is 22.3 Å². The zero-order chi connectivity index (χ0) is 60.0. The average Bonchev–Trinajstić information content (AvgIpc) is 1.90. The van der Waals surface area contributed by atoms with Crippen LogP contribution < -0.4 is 14.5 Å². The minimum atomic E-state index is -0.939. The van der Waals surface area contributed by atoms with Gasteiger partial charge in [-0.2, -0.15) is 0 Å². The number of fused-ring (bicyclic) bond motifs is 3. The first-order valence-corrected chi connectivity index (χ1v) is 30.6.